The summed E-state index contributed by atoms with van der Waals surface area (Å²) in [6.07, 6.45) is 0.122. The molecular formula is C17H30N2O2. The Labute approximate surface area is 128 Å². The van der Waals surface area contributed by atoms with Crippen molar-refractivity contribution < 1.29 is 9.84 Å². The summed E-state index contributed by atoms with van der Waals surface area (Å²) in [4.78, 5) is 2.07. The highest BCUT2D eigenvalue weighted by Crippen LogP contribution is 2.30. The zero-order chi connectivity index (χ0) is 16.0. The van der Waals surface area contributed by atoms with Crippen molar-refractivity contribution in [1.29, 1.82) is 0 Å². The van der Waals surface area contributed by atoms with E-state index in [1.807, 2.05) is 39.2 Å². The van der Waals surface area contributed by atoms with E-state index in [4.69, 9.17) is 10.5 Å². The van der Waals surface area contributed by atoms with E-state index in [1.54, 1.807) is 0 Å². The van der Waals surface area contributed by atoms with Crippen LogP contribution < -0.4 is 10.5 Å². The molecule has 1 rings (SSSR count). The fraction of sp³-hybridized carbons (Fsp3) is 0.647. The van der Waals surface area contributed by atoms with Crippen molar-refractivity contribution in [2.24, 2.45) is 5.73 Å². The fourth-order valence-corrected chi connectivity index (χ4v) is 2.30. The number of nitrogens with zero attached hydrogens (tertiary/aromatic N) is 1. The van der Waals surface area contributed by atoms with Gasteiger partial charge < -0.3 is 20.5 Å². The van der Waals surface area contributed by atoms with E-state index >= 15 is 0 Å². The van der Waals surface area contributed by atoms with Gasteiger partial charge in [0.05, 0.1) is 12.7 Å². The molecule has 21 heavy (non-hydrogen) atoms. The molecule has 4 nitrogen and oxygen atoms in total. The van der Waals surface area contributed by atoms with E-state index in [9.17, 15) is 5.11 Å². The molecular weight excluding hydrogens is 264 g/mol. The maximum Gasteiger partial charge on any atom is 0.122 e. The van der Waals surface area contributed by atoms with Crippen molar-refractivity contribution in [3.8, 4) is 5.75 Å². The molecule has 4 heteroatoms. The Hall–Kier alpha value is -1.10. The van der Waals surface area contributed by atoms with Crippen LogP contribution in [-0.2, 0) is 0 Å². The number of rotatable bonds is 8. The molecule has 0 radical (unpaired) electrons. The molecule has 1 aromatic rings. The van der Waals surface area contributed by atoms with Crippen LogP contribution in [0.25, 0.3) is 0 Å². The molecule has 0 fully saturated rings. The molecule has 2 atom stereocenters. The van der Waals surface area contributed by atoms with Crippen molar-refractivity contribution in [1.82, 2.24) is 4.90 Å². The summed E-state index contributed by atoms with van der Waals surface area (Å²) in [5, 5.41) is 10.4. The van der Waals surface area contributed by atoms with E-state index in [0.29, 0.717) is 12.5 Å². The molecule has 0 aliphatic heterocycles. The van der Waals surface area contributed by atoms with E-state index in [1.165, 1.54) is 0 Å². The summed E-state index contributed by atoms with van der Waals surface area (Å²) < 4.78 is 5.65. The number of hydrogen-bond acceptors (Lipinski definition) is 4. The first-order chi connectivity index (χ1) is 9.86. The zero-order valence-electron chi connectivity index (χ0n) is 14.0. The van der Waals surface area contributed by atoms with Crippen molar-refractivity contribution in [3.05, 3.63) is 29.3 Å². The van der Waals surface area contributed by atoms with Gasteiger partial charge >= 0.3 is 0 Å². The van der Waals surface area contributed by atoms with E-state index in [0.717, 1.165) is 29.8 Å². The molecule has 0 saturated carbocycles. The van der Waals surface area contributed by atoms with Crippen LogP contribution in [-0.4, -0.2) is 43.3 Å². The van der Waals surface area contributed by atoms with Gasteiger partial charge in [-0.15, -0.1) is 0 Å². The average molecular weight is 294 g/mol. The third-order valence-corrected chi connectivity index (χ3v) is 3.61. The van der Waals surface area contributed by atoms with Crippen LogP contribution in [0.5, 0.6) is 5.75 Å². The average Bonchev–Trinajstić information content (AvgIpc) is 2.44. The number of hydrogen-bond donors (Lipinski definition) is 2. The van der Waals surface area contributed by atoms with E-state index in [-0.39, 0.29) is 6.04 Å². The molecule has 1 aromatic carbocycles. The molecule has 0 amide bonds. The van der Waals surface area contributed by atoms with Gasteiger partial charge in [-0.1, -0.05) is 19.9 Å². The first kappa shape index (κ1) is 18.0. The van der Waals surface area contributed by atoms with Crippen molar-refractivity contribution in [2.75, 3.05) is 27.2 Å². The van der Waals surface area contributed by atoms with Gasteiger partial charge in [0, 0.05) is 6.04 Å². The minimum absolute atomic E-state index is 0.259. The second kappa shape index (κ2) is 8.37. The molecule has 0 aliphatic carbocycles. The van der Waals surface area contributed by atoms with Gasteiger partial charge in [-0.05, 0) is 63.2 Å². The number of benzene rings is 1. The Kier molecular flexibility index (Phi) is 7.15. The van der Waals surface area contributed by atoms with Crippen LogP contribution in [0.3, 0.4) is 0 Å². The smallest absolute Gasteiger partial charge is 0.122 e. The lowest BCUT2D eigenvalue weighted by Gasteiger charge is -2.23. The zero-order valence-corrected chi connectivity index (χ0v) is 14.0. The van der Waals surface area contributed by atoms with Gasteiger partial charge in [-0.2, -0.15) is 0 Å². The van der Waals surface area contributed by atoms with Crippen molar-refractivity contribution in [3.63, 3.8) is 0 Å². The van der Waals surface area contributed by atoms with Gasteiger partial charge in [0.2, 0.25) is 0 Å². The lowest BCUT2D eigenvalue weighted by molar-refractivity contribution is 0.137. The first-order valence-electron chi connectivity index (χ1n) is 7.71. The highest BCUT2D eigenvalue weighted by atomic mass is 16.5. The predicted octanol–water partition coefficient (Wildman–Crippen LogP) is 2.52. The summed E-state index contributed by atoms with van der Waals surface area (Å²) in [6.45, 7) is 7.74. The lowest BCUT2D eigenvalue weighted by Crippen LogP contribution is -2.32. The summed E-state index contributed by atoms with van der Waals surface area (Å²) in [5.74, 6) is 1.24. The molecule has 3 N–H and O–H groups in total. The van der Waals surface area contributed by atoms with Crippen LogP contribution in [0.15, 0.2) is 18.2 Å². The van der Waals surface area contributed by atoms with Gasteiger partial charge in [0.15, 0.2) is 0 Å². The molecule has 0 aromatic heterocycles. The third-order valence-electron chi connectivity index (χ3n) is 3.61. The Balaban J connectivity index is 2.89. The quantitative estimate of drug-likeness (QED) is 0.773. The number of aliphatic hydroxyl groups excluding tert-OH is 1. The molecule has 0 aliphatic rings. The van der Waals surface area contributed by atoms with Crippen LogP contribution in [0.1, 0.15) is 50.3 Å². The summed E-state index contributed by atoms with van der Waals surface area (Å²) in [5.41, 5.74) is 8.10. The summed E-state index contributed by atoms with van der Waals surface area (Å²) in [7, 11) is 4.01. The van der Waals surface area contributed by atoms with Gasteiger partial charge in [-0.3, -0.25) is 0 Å². The Bertz CT molecular complexity index is 433. The maximum absolute atomic E-state index is 10.4. The number of aliphatic hydroxyl groups is 1. The number of nitrogens with two attached hydrogens (primary N) is 1. The van der Waals surface area contributed by atoms with Crippen LogP contribution >= 0.6 is 0 Å². The topological polar surface area (TPSA) is 58.7 Å². The van der Waals surface area contributed by atoms with Crippen LogP contribution in [0.2, 0.25) is 0 Å². The fourth-order valence-electron chi connectivity index (χ4n) is 2.30. The monoisotopic (exact) mass is 294 g/mol. The number of ether oxygens (including phenoxy) is 1. The molecule has 120 valence electrons. The van der Waals surface area contributed by atoms with Crippen LogP contribution in [0.4, 0.5) is 0 Å². The van der Waals surface area contributed by atoms with E-state index in [2.05, 4.69) is 18.7 Å². The summed E-state index contributed by atoms with van der Waals surface area (Å²) in [6, 6.07) is 5.62. The second-order valence-corrected chi connectivity index (χ2v) is 6.09. The second-order valence-electron chi connectivity index (χ2n) is 6.09. The molecule has 0 saturated heterocycles. The van der Waals surface area contributed by atoms with Gasteiger partial charge in [0.1, 0.15) is 5.75 Å². The normalized spacial score (nSPS) is 14.5. The van der Waals surface area contributed by atoms with Gasteiger partial charge in [0.25, 0.3) is 0 Å². The molecule has 0 spiro atoms. The third kappa shape index (κ3) is 5.30. The van der Waals surface area contributed by atoms with Crippen molar-refractivity contribution >= 4 is 0 Å². The van der Waals surface area contributed by atoms with Crippen LogP contribution in [0, 0.1) is 0 Å². The lowest BCUT2D eigenvalue weighted by atomic mass is 9.94. The maximum atomic E-state index is 10.4. The standard InChI is InChI=1S/C17H30N2O2/c1-6-21-16-8-7-13(11-14(16)12(2)3)17(20)15(18)9-10-19(4)5/h7-8,11-12,15,17,20H,6,9-10,18H2,1-5H3. The molecule has 0 bridgehead atoms. The highest BCUT2D eigenvalue weighted by molar-refractivity contribution is 5.40. The van der Waals surface area contributed by atoms with Crippen molar-refractivity contribution in [2.45, 2.75) is 45.3 Å². The summed E-state index contributed by atoms with van der Waals surface area (Å²) >= 11 is 0. The minimum Gasteiger partial charge on any atom is -0.494 e. The highest BCUT2D eigenvalue weighted by Gasteiger charge is 2.19. The first-order valence-corrected chi connectivity index (χ1v) is 7.71. The molecule has 0 heterocycles. The van der Waals surface area contributed by atoms with E-state index < -0.39 is 6.10 Å². The Morgan fingerprint density at radius 2 is 1.95 bits per heavy atom. The SMILES string of the molecule is CCOc1ccc(C(O)C(N)CCN(C)C)cc1C(C)C. The van der Waals surface area contributed by atoms with Gasteiger partial charge in [-0.25, -0.2) is 0 Å². The predicted molar refractivity (Wildman–Crippen MR) is 87.8 cm³/mol. The largest absolute Gasteiger partial charge is 0.494 e. The Morgan fingerprint density at radius 3 is 2.48 bits per heavy atom. The molecule has 2 unspecified atom stereocenters. The Morgan fingerprint density at radius 1 is 1.29 bits per heavy atom. The minimum atomic E-state index is -0.641.